The Morgan fingerprint density at radius 3 is 2.14 bits per heavy atom. The summed E-state index contributed by atoms with van der Waals surface area (Å²) in [6.07, 6.45) is 9.80. The van der Waals surface area contributed by atoms with E-state index in [4.69, 9.17) is 42.3 Å². The van der Waals surface area contributed by atoms with Crippen LogP contribution in [-0.4, -0.2) is 32.5 Å². The minimum atomic E-state index is -0.608. The number of esters is 1. The second-order valence-corrected chi connectivity index (χ2v) is 8.91. The molecule has 0 unspecified atom stereocenters. The molecule has 192 valence electrons. The van der Waals surface area contributed by atoms with Crippen molar-refractivity contribution in [3.8, 4) is 11.5 Å². The lowest BCUT2D eigenvalue weighted by Crippen LogP contribution is -2.19. The van der Waals surface area contributed by atoms with Crippen molar-refractivity contribution in [3.63, 3.8) is 0 Å². The van der Waals surface area contributed by atoms with Crippen LogP contribution in [-0.2, 0) is 21.0 Å². The van der Waals surface area contributed by atoms with Crippen LogP contribution in [0, 0.1) is 0 Å². The van der Waals surface area contributed by atoms with Gasteiger partial charge >= 0.3 is 5.97 Å². The molecule has 2 aromatic rings. The summed E-state index contributed by atoms with van der Waals surface area (Å²) in [5.41, 5.74) is 1.31. The van der Waals surface area contributed by atoms with Gasteiger partial charge in [-0.15, -0.1) is 0 Å². The molecule has 0 saturated carbocycles. The van der Waals surface area contributed by atoms with Crippen LogP contribution in [0.15, 0.2) is 41.6 Å². The summed E-state index contributed by atoms with van der Waals surface area (Å²) in [4.78, 5) is 16.9. The summed E-state index contributed by atoms with van der Waals surface area (Å²) in [5, 5.41) is 4.58. The predicted octanol–water partition coefficient (Wildman–Crippen LogP) is 7.62. The first-order valence-electron chi connectivity index (χ1n) is 12.0. The zero-order valence-corrected chi connectivity index (χ0v) is 22.3. The van der Waals surface area contributed by atoms with Gasteiger partial charge in [0.15, 0.2) is 11.5 Å². The van der Waals surface area contributed by atoms with Gasteiger partial charge in [-0.1, -0.05) is 104 Å². The Balaban J connectivity index is 1.94. The second-order valence-electron chi connectivity index (χ2n) is 8.10. The van der Waals surface area contributed by atoms with Gasteiger partial charge in [-0.2, -0.15) is 0 Å². The number of benzene rings is 2. The van der Waals surface area contributed by atoms with Gasteiger partial charge in [0.2, 0.25) is 0 Å². The molecule has 0 atom stereocenters. The molecule has 0 heterocycles. The van der Waals surface area contributed by atoms with E-state index >= 15 is 0 Å². The fourth-order valence-electron chi connectivity index (χ4n) is 3.59. The monoisotopic (exact) mass is 523 g/mol. The fraction of sp³-hybridized carbons (Fsp3) is 0.481. The van der Waals surface area contributed by atoms with Crippen LogP contribution in [0.5, 0.6) is 11.5 Å². The third-order valence-corrected chi connectivity index (χ3v) is 6.01. The summed E-state index contributed by atoms with van der Waals surface area (Å²) in [5.74, 6) is 0.338. The molecule has 0 fully saturated rings. The van der Waals surface area contributed by atoms with Crippen molar-refractivity contribution in [2.45, 2.75) is 64.9 Å². The maximum absolute atomic E-state index is 12.1. The molecular weight excluding hydrogens is 489 g/mol. The fourth-order valence-corrected chi connectivity index (χ4v) is 4.17. The second kappa shape index (κ2) is 16.3. The number of hydrogen-bond donors (Lipinski definition) is 0. The van der Waals surface area contributed by atoms with Crippen molar-refractivity contribution in [1.29, 1.82) is 0 Å². The summed E-state index contributed by atoms with van der Waals surface area (Å²) < 4.78 is 16.6. The molecule has 0 saturated heterocycles. The van der Waals surface area contributed by atoms with E-state index in [9.17, 15) is 4.79 Å². The number of oxime groups is 1. The van der Waals surface area contributed by atoms with E-state index in [1.807, 2.05) is 12.1 Å². The smallest absolute Gasteiger partial charge is 0.360 e. The lowest BCUT2D eigenvalue weighted by atomic mass is 10.0. The van der Waals surface area contributed by atoms with Crippen LogP contribution in [0.3, 0.4) is 0 Å². The Morgan fingerprint density at radius 1 is 0.886 bits per heavy atom. The predicted molar refractivity (Wildman–Crippen MR) is 141 cm³/mol. The van der Waals surface area contributed by atoms with Crippen LogP contribution in [0.2, 0.25) is 10.0 Å². The first kappa shape index (κ1) is 28.8. The molecular formula is C27H35Cl2NO5. The highest BCUT2D eigenvalue weighted by Gasteiger charge is 2.19. The maximum atomic E-state index is 12.1. The Kier molecular flexibility index (Phi) is 13.4. The van der Waals surface area contributed by atoms with Crippen molar-refractivity contribution in [2.24, 2.45) is 5.16 Å². The molecule has 2 rings (SSSR count). The van der Waals surface area contributed by atoms with E-state index in [1.165, 1.54) is 52.7 Å². The Morgan fingerprint density at radius 2 is 1.51 bits per heavy atom. The number of ether oxygens (including phenoxy) is 3. The average molecular weight is 524 g/mol. The standard InChI is InChI=1S/C27H35Cl2NO5/c1-4-5-6-7-8-9-10-13-16-34-26-23(28)17-21(18-24(26)29)35-19-20-14-11-12-15-22(20)25(30-33-3)27(31)32-2/h11-12,14-15,17-18H,4-10,13,16,19H2,1-3H3. The Labute approximate surface area is 218 Å². The molecule has 0 aliphatic carbocycles. The third-order valence-electron chi connectivity index (χ3n) is 5.44. The molecule has 0 radical (unpaired) electrons. The number of hydrogen-bond acceptors (Lipinski definition) is 6. The Bertz CT molecular complexity index is 941. The van der Waals surface area contributed by atoms with Crippen LogP contribution < -0.4 is 9.47 Å². The topological polar surface area (TPSA) is 66.3 Å². The van der Waals surface area contributed by atoms with E-state index in [0.29, 0.717) is 33.7 Å². The van der Waals surface area contributed by atoms with Crippen molar-refractivity contribution >= 4 is 34.9 Å². The third kappa shape index (κ3) is 9.61. The quantitative estimate of drug-likeness (QED) is 0.0978. The summed E-state index contributed by atoms with van der Waals surface area (Å²) in [6, 6.07) is 10.5. The van der Waals surface area contributed by atoms with Crippen molar-refractivity contribution in [3.05, 3.63) is 57.6 Å². The number of unbranched alkanes of at least 4 members (excludes halogenated alkanes) is 7. The molecule has 2 aromatic carbocycles. The molecule has 0 bridgehead atoms. The molecule has 0 N–H and O–H groups in total. The van der Waals surface area contributed by atoms with E-state index in [1.54, 1.807) is 24.3 Å². The van der Waals surface area contributed by atoms with Gasteiger partial charge in [-0.3, -0.25) is 0 Å². The molecule has 6 nitrogen and oxygen atoms in total. The van der Waals surface area contributed by atoms with E-state index in [2.05, 4.69) is 12.1 Å². The Hall–Kier alpha value is -2.44. The van der Waals surface area contributed by atoms with Crippen LogP contribution in [0.25, 0.3) is 0 Å². The molecule has 0 aliphatic rings. The van der Waals surface area contributed by atoms with Crippen LogP contribution in [0.1, 0.15) is 69.4 Å². The highest BCUT2D eigenvalue weighted by Crippen LogP contribution is 2.37. The molecule has 0 amide bonds. The van der Waals surface area contributed by atoms with Gasteiger partial charge in [0, 0.05) is 17.7 Å². The van der Waals surface area contributed by atoms with Crippen LogP contribution in [0.4, 0.5) is 0 Å². The normalized spacial score (nSPS) is 11.3. The minimum Gasteiger partial charge on any atom is -0.490 e. The van der Waals surface area contributed by atoms with Gasteiger partial charge in [0.1, 0.15) is 19.5 Å². The van der Waals surface area contributed by atoms with Gasteiger partial charge in [-0.05, 0) is 12.0 Å². The van der Waals surface area contributed by atoms with Gasteiger partial charge in [-0.25, -0.2) is 4.79 Å². The number of carbonyl (C=O) groups is 1. The lowest BCUT2D eigenvalue weighted by molar-refractivity contribution is -0.132. The van der Waals surface area contributed by atoms with Crippen molar-refractivity contribution < 1.29 is 23.8 Å². The molecule has 0 spiro atoms. The SMILES string of the molecule is CCCCCCCCCCOc1c(Cl)cc(OCc2ccccc2C(=NOC)C(=O)OC)cc1Cl. The molecule has 0 aromatic heterocycles. The number of halogens is 2. The number of rotatable bonds is 16. The first-order valence-corrected chi connectivity index (χ1v) is 12.8. The lowest BCUT2D eigenvalue weighted by Gasteiger charge is -2.14. The number of nitrogens with zero attached hydrogens (tertiary/aromatic N) is 1. The zero-order chi connectivity index (χ0) is 25.5. The highest BCUT2D eigenvalue weighted by molar-refractivity contribution is 6.43. The van der Waals surface area contributed by atoms with Gasteiger partial charge in [0.25, 0.3) is 0 Å². The summed E-state index contributed by atoms with van der Waals surface area (Å²) in [7, 11) is 2.65. The average Bonchev–Trinajstić information content (AvgIpc) is 2.86. The van der Waals surface area contributed by atoms with Gasteiger partial charge in [0.05, 0.1) is 23.8 Å². The van der Waals surface area contributed by atoms with Gasteiger partial charge < -0.3 is 19.0 Å². The van der Waals surface area contributed by atoms with Crippen molar-refractivity contribution in [2.75, 3.05) is 20.8 Å². The highest BCUT2D eigenvalue weighted by atomic mass is 35.5. The summed E-state index contributed by atoms with van der Waals surface area (Å²) >= 11 is 12.8. The molecule has 35 heavy (non-hydrogen) atoms. The van der Waals surface area contributed by atoms with E-state index in [-0.39, 0.29) is 12.3 Å². The van der Waals surface area contributed by atoms with E-state index < -0.39 is 5.97 Å². The van der Waals surface area contributed by atoms with Crippen molar-refractivity contribution in [1.82, 2.24) is 0 Å². The molecule has 8 heteroatoms. The zero-order valence-electron chi connectivity index (χ0n) is 20.8. The molecule has 0 aliphatic heterocycles. The minimum absolute atomic E-state index is 0.0509. The summed E-state index contributed by atoms with van der Waals surface area (Å²) in [6.45, 7) is 2.95. The number of methoxy groups -OCH3 is 1. The maximum Gasteiger partial charge on any atom is 0.360 e. The largest absolute Gasteiger partial charge is 0.490 e. The van der Waals surface area contributed by atoms with E-state index in [0.717, 1.165) is 18.4 Å². The van der Waals surface area contributed by atoms with Crippen LogP contribution >= 0.6 is 23.2 Å². The number of carbonyl (C=O) groups excluding carboxylic acids is 1. The first-order chi connectivity index (χ1) is 17.0.